The van der Waals surface area contributed by atoms with Crippen LogP contribution < -0.4 is 4.74 Å². The quantitative estimate of drug-likeness (QED) is 0.841. The van der Waals surface area contributed by atoms with Gasteiger partial charge in [-0.3, -0.25) is 4.79 Å². The zero-order chi connectivity index (χ0) is 15.7. The normalized spacial score (nSPS) is 14.0. The summed E-state index contributed by atoms with van der Waals surface area (Å²) in [5, 5.41) is 1.24. The molecule has 0 N–H and O–H groups in total. The van der Waals surface area contributed by atoms with Crippen LogP contribution in [0.1, 0.15) is 21.5 Å². The second-order valence-electron chi connectivity index (χ2n) is 5.28. The molecule has 1 amide bonds. The standard InChI is InChI=1S/C17H15Cl2NO2/c1-20-8-7-13-14(17(20)21)3-2-4-16(13)22-10-11-9-12(18)5-6-15(11)19/h2-6,9H,7-8,10H2,1H3. The molecule has 1 aliphatic rings. The van der Waals surface area contributed by atoms with E-state index in [1.165, 1.54) is 0 Å². The molecule has 22 heavy (non-hydrogen) atoms. The van der Waals surface area contributed by atoms with Gasteiger partial charge in [0.2, 0.25) is 0 Å². The summed E-state index contributed by atoms with van der Waals surface area (Å²) in [5.41, 5.74) is 2.50. The summed E-state index contributed by atoms with van der Waals surface area (Å²) in [7, 11) is 1.81. The van der Waals surface area contributed by atoms with Crippen molar-refractivity contribution in [3.63, 3.8) is 0 Å². The first-order valence-electron chi connectivity index (χ1n) is 7.00. The molecule has 114 valence electrons. The van der Waals surface area contributed by atoms with E-state index in [0.717, 1.165) is 23.3 Å². The minimum absolute atomic E-state index is 0.0347. The monoisotopic (exact) mass is 335 g/mol. The average molecular weight is 336 g/mol. The molecule has 1 aliphatic heterocycles. The molecule has 0 aromatic heterocycles. The number of benzene rings is 2. The van der Waals surface area contributed by atoms with Crippen LogP contribution in [0.2, 0.25) is 10.0 Å². The minimum Gasteiger partial charge on any atom is -0.489 e. The van der Waals surface area contributed by atoms with E-state index in [1.807, 2.05) is 25.2 Å². The van der Waals surface area contributed by atoms with Crippen LogP contribution in [0, 0.1) is 0 Å². The SMILES string of the molecule is CN1CCc2c(OCc3cc(Cl)ccc3Cl)cccc2C1=O. The topological polar surface area (TPSA) is 29.5 Å². The molecule has 0 saturated carbocycles. The molecule has 0 aliphatic carbocycles. The highest BCUT2D eigenvalue weighted by atomic mass is 35.5. The Morgan fingerprint density at radius 3 is 2.86 bits per heavy atom. The Labute approximate surface area is 139 Å². The van der Waals surface area contributed by atoms with E-state index in [9.17, 15) is 4.79 Å². The van der Waals surface area contributed by atoms with Crippen LogP contribution in [0.3, 0.4) is 0 Å². The number of likely N-dealkylation sites (N-methyl/N-ethyl adjacent to an activating group) is 1. The number of rotatable bonds is 3. The minimum atomic E-state index is 0.0347. The Morgan fingerprint density at radius 2 is 2.05 bits per heavy atom. The number of fused-ring (bicyclic) bond motifs is 1. The molecule has 3 nitrogen and oxygen atoms in total. The fraction of sp³-hybridized carbons (Fsp3) is 0.235. The van der Waals surface area contributed by atoms with Gasteiger partial charge in [0.25, 0.3) is 5.91 Å². The average Bonchev–Trinajstić information content (AvgIpc) is 2.52. The molecule has 1 heterocycles. The number of nitrogens with zero attached hydrogens (tertiary/aromatic N) is 1. The Kier molecular flexibility index (Phi) is 4.27. The Bertz CT molecular complexity index is 731. The molecule has 2 aromatic carbocycles. The molecule has 5 heteroatoms. The van der Waals surface area contributed by atoms with Crippen molar-refractivity contribution in [1.29, 1.82) is 0 Å². The maximum absolute atomic E-state index is 12.2. The van der Waals surface area contributed by atoms with Crippen LogP contribution in [0.25, 0.3) is 0 Å². The summed E-state index contributed by atoms with van der Waals surface area (Å²) in [4.78, 5) is 13.9. The molecule has 0 radical (unpaired) electrons. The summed E-state index contributed by atoms with van der Waals surface area (Å²) in [6.45, 7) is 1.02. The van der Waals surface area contributed by atoms with Gasteiger partial charge in [-0.15, -0.1) is 0 Å². The molecular formula is C17H15Cl2NO2. The number of carbonyl (C=O) groups excluding carboxylic acids is 1. The van der Waals surface area contributed by atoms with Gasteiger partial charge in [-0.1, -0.05) is 29.3 Å². The van der Waals surface area contributed by atoms with Crippen molar-refractivity contribution in [2.24, 2.45) is 0 Å². The van der Waals surface area contributed by atoms with E-state index in [4.69, 9.17) is 27.9 Å². The molecule has 3 rings (SSSR count). The van der Waals surface area contributed by atoms with Gasteiger partial charge in [0, 0.05) is 40.3 Å². The van der Waals surface area contributed by atoms with Crippen molar-refractivity contribution in [1.82, 2.24) is 4.90 Å². The molecule has 0 bridgehead atoms. The van der Waals surface area contributed by atoms with Gasteiger partial charge in [-0.2, -0.15) is 0 Å². The lowest BCUT2D eigenvalue weighted by atomic mass is 9.98. The number of hydrogen-bond donors (Lipinski definition) is 0. The highest BCUT2D eigenvalue weighted by Gasteiger charge is 2.24. The number of carbonyl (C=O) groups is 1. The van der Waals surface area contributed by atoms with Crippen LogP contribution in [0.15, 0.2) is 36.4 Å². The molecule has 0 atom stereocenters. The fourth-order valence-corrected chi connectivity index (χ4v) is 2.92. The Morgan fingerprint density at radius 1 is 1.23 bits per heavy atom. The summed E-state index contributed by atoms with van der Waals surface area (Å²) in [6.07, 6.45) is 0.789. The van der Waals surface area contributed by atoms with Crippen molar-refractivity contribution in [2.75, 3.05) is 13.6 Å². The lowest BCUT2D eigenvalue weighted by Crippen LogP contribution is -2.34. The number of halogens is 2. The van der Waals surface area contributed by atoms with E-state index in [-0.39, 0.29) is 5.91 Å². The van der Waals surface area contributed by atoms with Crippen molar-refractivity contribution in [2.45, 2.75) is 13.0 Å². The zero-order valence-electron chi connectivity index (χ0n) is 12.1. The summed E-state index contributed by atoms with van der Waals surface area (Å²) in [5.74, 6) is 0.766. The third kappa shape index (κ3) is 2.92. The van der Waals surface area contributed by atoms with Gasteiger partial charge in [0.1, 0.15) is 12.4 Å². The lowest BCUT2D eigenvalue weighted by molar-refractivity contribution is 0.0779. The molecule has 0 unspecified atom stereocenters. The van der Waals surface area contributed by atoms with Crippen molar-refractivity contribution in [3.8, 4) is 5.75 Å². The van der Waals surface area contributed by atoms with Gasteiger partial charge < -0.3 is 9.64 Å². The number of ether oxygens (including phenoxy) is 1. The van der Waals surface area contributed by atoms with Gasteiger partial charge in [-0.05, 0) is 36.8 Å². The smallest absolute Gasteiger partial charge is 0.254 e. The first kappa shape index (κ1) is 15.2. The third-order valence-electron chi connectivity index (χ3n) is 3.80. The van der Waals surface area contributed by atoms with E-state index in [1.54, 1.807) is 23.1 Å². The van der Waals surface area contributed by atoms with Gasteiger partial charge in [0.15, 0.2) is 0 Å². The molecule has 0 saturated heterocycles. The Balaban J connectivity index is 1.85. The summed E-state index contributed by atoms with van der Waals surface area (Å²) >= 11 is 12.1. The molecule has 2 aromatic rings. The molecule has 0 spiro atoms. The molecule has 0 fully saturated rings. The van der Waals surface area contributed by atoms with Gasteiger partial charge in [0.05, 0.1) is 0 Å². The van der Waals surface area contributed by atoms with Crippen molar-refractivity contribution < 1.29 is 9.53 Å². The van der Waals surface area contributed by atoms with E-state index in [2.05, 4.69) is 0 Å². The second kappa shape index (κ2) is 6.19. The lowest BCUT2D eigenvalue weighted by Gasteiger charge is -2.26. The van der Waals surface area contributed by atoms with Crippen molar-refractivity contribution >= 4 is 29.1 Å². The van der Waals surface area contributed by atoms with Crippen LogP contribution >= 0.6 is 23.2 Å². The van der Waals surface area contributed by atoms with E-state index in [0.29, 0.717) is 28.8 Å². The second-order valence-corrected chi connectivity index (χ2v) is 6.13. The number of amides is 1. The highest BCUT2D eigenvalue weighted by molar-refractivity contribution is 6.33. The van der Waals surface area contributed by atoms with Crippen LogP contribution in [0.5, 0.6) is 5.75 Å². The van der Waals surface area contributed by atoms with Crippen LogP contribution in [-0.2, 0) is 13.0 Å². The largest absolute Gasteiger partial charge is 0.489 e. The van der Waals surface area contributed by atoms with Crippen LogP contribution in [0.4, 0.5) is 0 Å². The maximum atomic E-state index is 12.2. The van der Waals surface area contributed by atoms with Crippen molar-refractivity contribution in [3.05, 3.63) is 63.1 Å². The van der Waals surface area contributed by atoms with Gasteiger partial charge in [-0.25, -0.2) is 0 Å². The first-order valence-corrected chi connectivity index (χ1v) is 7.76. The predicted octanol–water partition coefficient (Wildman–Crippen LogP) is 4.20. The fourth-order valence-electron chi connectivity index (χ4n) is 2.56. The number of hydrogen-bond acceptors (Lipinski definition) is 2. The summed E-state index contributed by atoms with van der Waals surface area (Å²) < 4.78 is 5.90. The van der Waals surface area contributed by atoms with Gasteiger partial charge >= 0.3 is 0 Å². The van der Waals surface area contributed by atoms with E-state index < -0.39 is 0 Å². The summed E-state index contributed by atoms with van der Waals surface area (Å²) in [6, 6.07) is 10.8. The Hall–Kier alpha value is -1.71. The first-order chi connectivity index (χ1) is 10.6. The van der Waals surface area contributed by atoms with E-state index >= 15 is 0 Å². The third-order valence-corrected chi connectivity index (χ3v) is 4.40. The zero-order valence-corrected chi connectivity index (χ0v) is 13.6. The maximum Gasteiger partial charge on any atom is 0.254 e. The highest BCUT2D eigenvalue weighted by Crippen LogP contribution is 2.29. The molecular weight excluding hydrogens is 321 g/mol. The predicted molar refractivity (Wildman–Crippen MR) is 87.9 cm³/mol. The van der Waals surface area contributed by atoms with Crippen LogP contribution in [-0.4, -0.2) is 24.4 Å².